The van der Waals surface area contributed by atoms with Crippen molar-refractivity contribution in [2.24, 2.45) is 5.73 Å². The predicted molar refractivity (Wildman–Crippen MR) is 120 cm³/mol. The van der Waals surface area contributed by atoms with Gasteiger partial charge < -0.3 is 15.4 Å². The zero-order valence-corrected chi connectivity index (χ0v) is 17.5. The van der Waals surface area contributed by atoms with Crippen LogP contribution >= 0.6 is 0 Å². The highest BCUT2D eigenvalue weighted by Crippen LogP contribution is 2.25. The van der Waals surface area contributed by atoms with Gasteiger partial charge in [0, 0.05) is 29.3 Å². The number of amides is 1. The Labute approximate surface area is 184 Å². The van der Waals surface area contributed by atoms with Gasteiger partial charge in [0.25, 0.3) is 15.9 Å². The number of benzene rings is 3. The third-order valence-corrected chi connectivity index (χ3v) is 6.38. The molecule has 0 saturated heterocycles. The number of fused-ring (bicyclic) bond motifs is 1. The normalized spacial score (nSPS) is 11.4. The lowest BCUT2D eigenvalue weighted by molar-refractivity contribution is 0.0696. The maximum Gasteiger partial charge on any atom is 0.335 e. The van der Waals surface area contributed by atoms with E-state index in [2.05, 4.69) is 4.72 Å². The van der Waals surface area contributed by atoms with E-state index in [1.54, 1.807) is 59.3 Å². The smallest absolute Gasteiger partial charge is 0.335 e. The first-order chi connectivity index (χ1) is 15.2. The van der Waals surface area contributed by atoms with Crippen molar-refractivity contribution in [3.05, 3.63) is 95.7 Å². The summed E-state index contributed by atoms with van der Waals surface area (Å²) >= 11 is 0. The minimum absolute atomic E-state index is 0.0808. The van der Waals surface area contributed by atoms with E-state index in [4.69, 9.17) is 5.73 Å². The summed E-state index contributed by atoms with van der Waals surface area (Å²) in [5.41, 5.74) is 7.50. The predicted octanol–water partition coefficient (Wildman–Crippen LogP) is 3.29. The lowest BCUT2D eigenvalue weighted by Gasteiger charge is -2.11. The van der Waals surface area contributed by atoms with Crippen LogP contribution in [-0.2, 0) is 16.6 Å². The molecule has 1 aromatic heterocycles. The Hall–Kier alpha value is -4.11. The van der Waals surface area contributed by atoms with Crippen LogP contribution in [-0.4, -0.2) is 30.0 Å². The maximum absolute atomic E-state index is 12.6. The van der Waals surface area contributed by atoms with E-state index in [1.165, 1.54) is 24.3 Å². The molecular formula is C23H19N3O5S. The summed E-state index contributed by atoms with van der Waals surface area (Å²) < 4.78 is 29.5. The summed E-state index contributed by atoms with van der Waals surface area (Å²) in [5.74, 6) is -1.71. The van der Waals surface area contributed by atoms with Gasteiger partial charge in [-0.3, -0.25) is 9.52 Å². The Balaban J connectivity index is 1.69. The van der Waals surface area contributed by atoms with Crippen molar-refractivity contribution < 1.29 is 23.1 Å². The van der Waals surface area contributed by atoms with Crippen molar-refractivity contribution in [1.82, 2.24) is 4.57 Å². The number of sulfonamides is 1. The molecule has 0 spiro atoms. The van der Waals surface area contributed by atoms with E-state index in [9.17, 15) is 23.1 Å². The summed E-state index contributed by atoms with van der Waals surface area (Å²) in [6, 6.07) is 19.3. The van der Waals surface area contributed by atoms with Crippen LogP contribution in [0.3, 0.4) is 0 Å². The Morgan fingerprint density at radius 3 is 2.41 bits per heavy atom. The number of hydrogen-bond donors (Lipinski definition) is 3. The van der Waals surface area contributed by atoms with Crippen molar-refractivity contribution in [3.63, 3.8) is 0 Å². The lowest BCUT2D eigenvalue weighted by Crippen LogP contribution is -2.13. The summed E-state index contributed by atoms with van der Waals surface area (Å²) in [7, 11) is -3.74. The number of carbonyl (C=O) groups is 2. The molecule has 0 aliphatic heterocycles. The summed E-state index contributed by atoms with van der Waals surface area (Å²) in [4.78, 5) is 23.4. The van der Waals surface area contributed by atoms with E-state index >= 15 is 0 Å². The van der Waals surface area contributed by atoms with Gasteiger partial charge in [-0.05, 0) is 42.0 Å². The zero-order chi connectivity index (χ0) is 22.9. The number of carbonyl (C=O) groups excluding carboxylic acids is 1. The second kappa shape index (κ2) is 8.20. The number of rotatable bonds is 7. The van der Waals surface area contributed by atoms with E-state index < -0.39 is 21.9 Å². The van der Waals surface area contributed by atoms with Crippen LogP contribution in [0.4, 0.5) is 5.69 Å². The molecule has 4 N–H and O–H groups in total. The average molecular weight is 449 g/mol. The van der Waals surface area contributed by atoms with Crippen LogP contribution in [0.15, 0.2) is 83.9 Å². The van der Waals surface area contributed by atoms with Gasteiger partial charge in [-0.1, -0.05) is 36.4 Å². The highest BCUT2D eigenvalue weighted by atomic mass is 32.2. The molecule has 162 valence electrons. The molecule has 9 heteroatoms. The molecule has 4 rings (SSSR count). The highest BCUT2D eigenvalue weighted by Gasteiger charge is 2.16. The molecule has 3 aromatic carbocycles. The van der Waals surface area contributed by atoms with Crippen LogP contribution in [0.2, 0.25) is 0 Å². The van der Waals surface area contributed by atoms with Crippen LogP contribution in [0, 0.1) is 0 Å². The standard InChI is InChI=1S/C23H19N3O5S/c24-22(27)20-14-26(21-12-16(23(28)29)9-10-19(20)21)13-15-5-4-6-17(11-15)25-32(30,31)18-7-2-1-3-8-18/h1-12,14,25H,13H2,(H2,24,27)(H,28,29). The topological polar surface area (TPSA) is 131 Å². The highest BCUT2D eigenvalue weighted by molar-refractivity contribution is 7.92. The number of nitrogens with two attached hydrogens (primary N) is 1. The van der Waals surface area contributed by atoms with Crippen molar-refractivity contribution >= 4 is 38.5 Å². The largest absolute Gasteiger partial charge is 0.478 e. The first kappa shape index (κ1) is 21.1. The van der Waals surface area contributed by atoms with Gasteiger partial charge in [-0.2, -0.15) is 0 Å². The molecular weight excluding hydrogens is 430 g/mol. The second-order valence-corrected chi connectivity index (χ2v) is 8.87. The SMILES string of the molecule is NC(=O)c1cn(Cc2cccc(NS(=O)(=O)c3ccccc3)c2)c2cc(C(=O)O)ccc12. The number of nitrogens with one attached hydrogen (secondary N) is 1. The molecule has 0 saturated carbocycles. The molecule has 0 bridgehead atoms. The van der Waals surface area contributed by atoms with Crippen molar-refractivity contribution in [3.8, 4) is 0 Å². The lowest BCUT2D eigenvalue weighted by atomic mass is 10.1. The molecule has 0 unspecified atom stereocenters. The minimum Gasteiger partial charge on any atom is -0.478 e. The molecule has 0 radical (unpaired) electrons. The molecule has 4 aromatic rings. The fraction of sp³-hybridized carbons (Fsp3) is 0.0435. The van der Waals surface area contributed by atoms with Gasteiger partial charge in [0.15, 0.2) is 0 Å². The number of carboxylic acids is 1. The number of aromatic nitrogens is 1. The third kappa shape index (κ3) is 4.19. The fourth-order valence-corrected chi connectivity index (χ4v) is 4.57. The maximum atomic E-state index is 12.6. The van der Waals surface area contributed by atoms with Gasteiger partial charge in [0.1, 0.15) is 0 Å². The van der Waals surface area contributed by atoms with Crippen LogP contribution in [0.25, 0.3) is 10.9 Å². The second-order valence-electron chi connectivity index (χ2n) is 7.19. The van der Waals surface area contributed by atoms with Gasteiger partial charge in [0.05, 0.1) is 16.0 Å². The molecule has 32 heavy (non-hydrogen) atoms. The van der Waals surface area contributed by atoms with E-state index in [0.717, 1.165) is 5.56 Å². The number of anilines is 1. The molecule has 1 heterocycles. The molecule has 0 aliphatic carbocycles. The minimum atomic E-state index is -3.74. The first-order valence-electron chi connectivity index (χ1n) is 9.57. The Morgan fingerprint density at radius 2 is 1.72 bits per heavy atom. The molecule has 0 fully saturated rings. The van der Waals surface area contributed by atoms with E-state index in [-0.39, 0.29) is 22.6 Å². The monoisotopic (exact) mass is 449 g/mol. The quantitative estimate of drug-likeness (QED) is 0.398. The van der Waals surface area contributed by atoms with Crippen LogP contribution in [0.1, 0.15) is 26.3 Å². The summed E-state index contributed by atoms with van der Waals surface area (Å²) in [6.45, 7) is 0.272. The summed E-state index contributed by atoms with van der Waals surface area (Å²) in [5, 5.41) is 9.86. The van der Waals surface area contributed by atoms with Crippen LogP contribution < -0.4 is 10.5 Å². The van der Waals surface area contributed by atoms with Gasteiger partial charge in [-0.15, -0.1) is 0 Å². The third-order valence-electron chi connectivity index (χ3n) is 4.98. The fourth-order valence-electron chi connectivity index (χ4n) is 3.50. The average Bonchev–Trinajstić information content (AvgIpc) is 3.12. The molecule has 8 nitrogen and oxygen atoms in total. The van der Waals surface area contributed by atoms with Gasteiger partial charge in [-0.25, -0.2) is 13.2 Å². The van der Waals surface area contributed by atoms with Crippen molar-refractivity contribution in [1.29, 1.82) is 0 Å². The number of primary amides is 1. The number of hydrogen-bond acceptors (Lipinski definition) is 4. The number of carboxylic acid groups (broad SMARTS) is 1. The van der Waals surface area contributed by atoms with E-state index in [0.29, 0.717) is 16.6 Å². The molecule has 1 amide bonds. The molecule has 0 aliphatic rings. The van der Waals surface area contributed by atoms with Crippen LogP contribution in [0.5, 0.6) is 0 Å². The Morgan fingerprint density at radius 1 is 0.969 bits per heavy atom. The first-order valence-corrected chi connectivity index (χ1v) is 11.1. The van der Waals surface area contributed by atoms with E-state index in [1.807, 2.05) is 0 Å². The van der Waals surface area contributed by atoms with Gasteiger partial charge >= 0.3 is 5.97 Å². The number of aromatic carboxylic acids is 1. The zero-order valence-electron chi connectivity index (χ0n) is 16.7. The molecule has 0 atom stereocenters. The number of nitrogens with zero attached hydrogens (tertiary/aromatic N) is 1. The Kier molecular flexibility index (Phi) is 5.41. The van der Waals surface area contributed by atoms with Crippen molar-refractivity contribution in [2.45, 2.75) is 11.4 Å². The Bertz CT molecular complexity index is 1440. The summed E-state index contributed by atoms with van der Waals surface area (Å²) in [6.07, 6.45) is 1.57. The van der Waals surface area contributed by atoms with Crippen molar-refractivity contribution in [2.75, 3.05) is 4.72 Å². The van der Waals surface area contributed by atoms with Gasteiger partial charge in [0.2, 0.25) is 0 Å².